The Kier molecular flexibility index (Phi) is 5.22. The van der Waals surface area contributed by atoms with Gasteiger partial charge in [0, 0.05) is 26.8 Å². The van der Waals surface area contributed by atoms with E-state index in [1.807, 2.05) is 0 Å². The molecule has 5 nitrogen and oxygen atoms in total. The molecule has 0 unspecified atom stereocenters. The van der Waals surface area contributed by atoms with Gasteiger partial charge in [-0.15, -0.1) is 0 Å². The van der Waals surface area contributed by atoms with Crippen LogP contribution in [0.4, 0.5) is 5.69 Å². The SMILES string of the molecule is COCCCNc1c(Cl)cnn(CC2CCC2)c1=O. The average Bonchev–Trinajstić information content (AvgIpc) is 2.35. The topological polar surface area (TPSA) is 56.1 Å². The van der Waals surface area contributed by atoms with Crippen LogP contribution < -0.4 is 10.9 Å². The van der Waals surface area contributed by atoms with E-state index in [2.05, 4.69) is 10.4 Å². The number of aromatic nitrogens is 2. The van der Waals surface area contributed by atoms with Crippen LogP contribution >= 0.6 is 11.6 Å². The number of anilines is 1. The van der Waals surface area contributed by atoms with Crippen molar-refractivity contribution in [3.8, 4) is 0 Å². The van der Waals surface area contributed by atoms with Crippen LogP contribution in [0.25, 0.3) is 0 Å². The van der Waals surface area contributed by atoms with Gasteiger partial charge < -0.3 is 10.1 Å². The fourth-order valence-electron chi connectivity index (χ4n) is 2.11. The van der Waals surface area contributed by atoms with Crippen LogP contribution in [0.3, 0.4) is 0 Å². The third kappa shape index (κ3) is 3.70. The van der Waals surface area contributed by atoms with Gasteiger partial charge in [-0.25, -0.2) is 4.68 Å². The number of halogens is 1. The van der Waals surface area contributed by atoms with Gasteiger partial charge in [0.2, 0.25) is 0 Å². The highest BCUT2D eigenvalue weighted by atomic mass is 35.5. The van der Waals surface area contributed by atoms with Gasteiger partial charge in [-0.3, -0.25) is 4.79 Å². The zero-order valence-corrected chi connectivity index (χ0v) is 11.9. The first-order chi connectivity index (χ1) is 9.22. The zero-order chi connectivity index (χ0) is 13.7. The lowest BCUT2D eigenvalue weighted by molar-refractivity contribution is 0.198. The summed E-state index contributed by atoms with van der Waals surface area (Å²) in [7, 11) is 1.66. The van der Waals surface area contributed by atoms with Crippen LogP contribution in [0.1, 0.15) is 25.7 Å². The van der Waals surface area contributed by atoms with E-state index in [1.54, 1.807) is 13.3 Å². The molecule has 1 aromatic heterocycles. The van der Waals surface area contributed by atoms with Crippen molar-refractivity contribution in [2.45, 2.75) is 32.2 Å². The summed E-state index contributed by atoms with van der Waals surface area (Å²) in [6, 6.07) is 0. The maximum Gasteiger partial charge on any atom is 0.291 e. The van der Waals surface area contributed by atoms with E-state index in [9.17, 15) is 4.79 Å². The molecule has 1 aromatic rings. The molecule has 6 heteroatoms. The lowest BCUT2D eigenvalue weighted by atomic mass is 9.85. The molecule has 0 saturated heterocycles. The minimum atomic E-state index is -0.128. The number of hydrogen-bond donors (Lipinski definition) is 1. The molecule has 1 heterocycles. The van der Waals surface area contributed by atoms with Crippen molar-refractivity contribution in [2.24, 2.45) is 5.92 Å². The van der Waals surface area contributed by atoms with Gasteiger partial charge in [0.25, 0.3) is 5.56 Å². The molecule has 1 N–H and O–H groups in total. The predicted molar refractivity (Wildman–Crippen MR) is 75.8 cm³/mol. The first kappa shape index (κ1) is 14.3. The molecular formula is C13H20ClN3O2. The molecule has 0 bridgehead atoms. The summed E-state index contributed by atoms with van der Waals surface area (Å²) in [6.45, 7) is 2.02. The second-order valence-corrected chi connectivity index (χ2v) is 5.33. The molecule has 0 atom stereocenters. The van der Waals surface area contributed by atoms with Crippen molar-refractivity contribution in [3.05, 3.63) is 21.6 Å². The van der Waals surface area contributed by atoms with Crippen molar-refractivity contribution in [3.63, 3.8) is 0 Å². The fraction of sp³-hybridized carbons (Fsp3) is 0.692. The van der Waals surface area contributed by atoms with Crippen LogP contribution in [0.2, 0.25) is 5.02 Å². The van der Waals surface area contributed by atoms with E-state index in [4.69, 9.17) is 16.3 Å². The van der Waals surface area contributed by atoms with Crippen molar-refractivity contribution >= 4 is 17.3 Å². The normalized spacial score (nSPS) is 15.3. The molecule has 1 aliphatic carbocycles. The van der Waals surface area contributed by atoms with Crippen LogP contribution in [0.15, 0.2) is 11.0 Å². The lowest BCUT2D eigenvalue weighted by Crippen LogP contribution is -2.31. The van der Waals surface area contributed by atoms with Gasteiger partial charge in [0.1, 0.15) is 5.69 Å². The highest BCUT2D eigenvalue weighted by molar-refractivity contribution is 6.32. The Bertz CT molecular complexity index is 471. The molecule has 106 valence electrons. The number of nitrogens with one attached hydrogen (secondary N) is 1. The Morgan fingerprint density at radius 3 is 3.00 bits per heavy atom. The molecule has 0 spiro atoms. The first-order valence-electron chi connectivity index (χ1n) is 6.71. The van der Waals surface area contributed by atoms with Crippen LogP contribution in [-0.4, -0.2) is 30.0 Å². The second kappa shape index (κ2) is 6.91. The van der Waals surface area contributed by atoms with E-state index < -0.39 is 0 Å². The number of rotatable bonds is 7. The number of ether oxygens (including phenoxy) is 1. The lowest BCUT2D eigenvalue weighted by Gasteiger charge is -2.25. The molecule has 1 fully saturated rings. The maximum absolute atomic E-state index is 12.3. The fourth-order valence-corrected chi connectivity index (χ4v) is 2.30. The van der Waals surface area contributed by atoms with Gasteiger partial charge in [0.15, 0.2) is 0 Å². The van der Waals surface area contributed by atoms with E-state index >= 15 is 0 Å². The molecule has 1 saturated carbocycles. The van der Waals surface area contributed by atoms with Crippen molar-refractivity contribution in [1.29, 1.82) is 0 Å². The molecule has 0 aromatic carbocycles. The highest BCUT2D eigenvalue weighted by Crippen LogP contribution is 2.27. The van der Waals surface area contributed by atoms with E-state index in [1.165, 1.54) is 23.9 Å². The highest BCUT2D eigenvalue weighted by Gasteiger charge is 2.20. The molecule has 0 radical (unpaired) electrons. The van der Waals surface area contributed by atoms with Crippen molar-refractivity contribution < 1.29 is 4.74 Å². The standard InChI is InChI=1S/C13H20ClN3O2/c1-19-7-3-6-15-12-11(14)8-16-17(13(12)18)9-10-4-2-5-10/h8,10,15H,2-7,9H2,1H3. The van der Waals surface area contributed by atoms with Gasteiger partial charge in [0.05, 0.1) is 11.2 Å². The Morgan fingerprint density at radius 2 is 2.37 bits per heavy atom. The third-order valence-corrected chi connectivity index (χ3v) is 3.77. The Labute approximate surface area is 117 Å². The number of hydrogen-bond acceptors (Lipinski definition) is 4. The summed E-state index contributed by atoms with van der Waals surface area (Å²) in [4.78, 5) is 12.3. The summed E-state index contributed by atoms with van der Waals surface area (Å²) in [5.41, 5.74) is 0.323. The Morgan fingerprint density at radius 1 is 1.58 bits per heavy atom. The number of nitrogens with zero attached hydrogens (tertiary/aromatic N) is 2. The smallest absolute Gasteiger partial charge is 0.291 e. The van der Waals surface area contributed by atoms with Crippen molar-refractivity contribution in [2.75, 3.05) is 25.6 Å². The average molecular weight is 286 g/mol. The minimum Gasteiger partial charge on any atom is -0.385 e. The monoisotopic (exact) mass is 285 g/mol. The predicted octanol–water partition coefficient (Wildman–Crippen LogP) is 2.15. The van der Waals surface area contributed by atoms with Crippen molar-refractivity contribution in [1.82, 2.24) is 9.78 Å². The number of methoxy groups -OCH3 is 1. The van der Waals surface area contributed by atoms with Crippen LogP contribution in [0.5, 0.6) is 0 Å². The van der Waals surface area contributed by atoms with E-state index in [0.29, 0.717) is 36.3 Å². The molecular weight excluding hydrogens is 266 g/mol. The molecule has 1 aliphatic rings. The van der Waals surface area contributed by atoms with Gasteiger partial charge in [-0.2, -0.15) is 5.10 Å². The largest absolute Gasteiger partial charge is 0.385 e. The molecule has 2 rings (SSSR count). The first-order valence-corrected chi connectivity index (χ1v) is 7.08. The molecule has 19 heavy (non-hydrogen) atoms. The van der Waals surface area contributed by atoms with Gasteiger partial charge in [-0.1, -0.05) is 18.0 Å². The Hall–Kier alpha value is -1.07. The van der Waals surface area contributed by atoms with E-state index in [0.717, 1.165) is 6.42 Å². The quantitative estimate of drug-likeness (QED) is 0.780. The molecule has 0 amide bonds. The summed E-state index contributed by atoms with van der Waals surface area (Å²) in [5, 5.41) is 7.57. The van der Waals surface area contributed by atoms with Gasteiger partial charge >= 0.3 is 0 Å². The summed E-state index contributed by atoms with van der Waals surface area (Å²) >= 11 is 6.03. The minimum absolute atomic E-state index is 0.128. The summed E-state index contributed by atoms with van der Waals surface area (Å²) in [6.07, 6.45) is 6.01. The maximum atomic E-state index is 12.3. The van der Waals surface area contributed by atoms with Crippen LogP contribution in [0, 0.1) is 5.92 Å². The van der Waals surface area contributed by atoms with Crippen LogP contribution in [-0.2, 0) is 11.3 Å². The summed E-state index contributed by atoms with van der Waals surface area (Å²) in [5.74, 6) is 0.590. The second-order valence-electron chi connectivity index (χ2n) is 4.92. The van der Waals surface area contributed by atoms with E-state index in [-0.39, 0.29) is 5.56 Å². The Balaban J connectivity index is 2.03. The molecule has 0 aliphatic heterocycles. The summed E-state index contributed by atoms with van der Waals surface area (Å²) < 4.78 is 6.49. The third-order valence-electron chi connectivity index (χ3n) is 3.48. The zero-order valence-electron chi connectivity index (χ0n) is 11.2. The van der Waals surface area contributed by atoms with Gasteiger partial charge in [-0.05, 0) is 25.2 Å².